The normalized spacial score (nSPS) is 11.1. The Hall–Kier alpha value is -2.43. The fraction of sp³-hybridized carbons (Fsp3) is 0.267. The predicted molar refractivity (Wildman–Crippen MR) is 77.8 cm³/mol. The summed E-state index contributed by atoms with van der Waals surface area (Å²) < 4.78 is 2.04. The van der Waals surface area contributed by atoms with Crippen LogP contribution in [-0.2, 0) is 13.0 Å². The molecule has 20 heavy (non-hydrogen) atoms. The number of hydrogen-bond donors (Lipinski definition) is 1. The number of benzene rings is 1. The molecular formula is C15H16N4O. The van der Waals surface area contributed by atoms with E-state index in [0.29, 0.717) is 17.6 Å². The molecule has 0 amide bonds. The Morgan fingerprint density at radius 2 is 2.20 bits per heavy atom. The van der Waals surface area contributed by atoms with Crippen LogP contribution in [0.3, 0.4) is 0 Å². The highest BCUT2D eigenvalue weighted by Crippen LogP contribution is 2.11. The van der Waals surface area contributed by atoms with Gasteiger partial charge >= 0.3 is 0 Å². The monoisotopic (exact) mass is 268 g/mol. The number of fused-ring (bicyclic) bond motifs is 1. The Bertz CT molecular complexity index is 816. The van der Waals surface area contributed by atoms with Crippen molar-refractivity contribution in [2.24, 2.45) is 0 Å². The molecule has 0 saturated carbocycles. The minimum atomic E-state index is -0.0942. The van der Waals surface area contributed by atoms with Gasteiger partial charge in [-0.25, -0.2) is 9.97 Å². The van der Waals surface area contributed by atoms with Gasteiger partial charge in [0.05, 0.1) is 17.3 Å². The number of nitrogens with zero attached hydrogens (tertiary/aromatic N) is 3. The summed E-state index contributed by atoms with van der Waals surface area (Å²) in [5, 5.41) is 0.632. The standard InChI is InChI=1S/C15H16N4O/c1-3-19-7-6-16-14(19)9-13-17-12-5-4-10(2)8-11(12)15(20)18-13/h4-8H,3,9H2,1-2H3,(H,17,18,20). The summed E-state index contributed by atoms with van der Waals surface area (Å²) in [4.78, 5) is 23.8. The molecule has 0 aliphatic heterocycles. The van der Waals surface area contributed by atoms with Crippen LogP contribution in [0.2, 0.25) is 0 Å². The zero-order valence-corrected chi connectivity index (χ0v) is 11.6. The third-order valence-electron chi connectivity index (χ3n) is 3.38. The van der Waals surface area contributed by atoms with Crippen molar-refractivity contribution in [1.82, 2.24) is 19.5 Å². The first kappa shape index (κ1) is 12.6. The fourth-order valence-electron chi connectivity index (χ4n) is 2.33. The average molecular weight is 268 g/mol. The maximum absolute atomic E-state index is 12.1. The van der Waals surface area contributed by atoms with Crippen molar-refractivity contribution in [1.29, 1.82) is 0 Å². The van der Waals surface area contributed by atoms with Crippen molar-refractivity contribution >= 4 is 10.9 Å². The van der Waals surface area contributed by atoms with E-state index < -0.39 is 0 Å². The molecule has 3 aromatic rings. The molecule has 0 saturated heterocycles. The highest BCUT2D eigenvalue weighted by atomic mass is 16.1. The minimum absolute atomic E-state index is 0.0942. The molecular weight excluding hydrogens is 252 g/mol. The maximum Gasteiger partial charge on any atom is 0.258 e. The number of rotatable bonds is 3. The first-order valence-corrected chi connectivity index (χ1v) is 6.67. The van der Waals surface area contributed by atoms with Crippen LogP contribution in [0.25, 0.3) is 10.9 Å². The summed E-state index contributed by atoms with van der Waals surface area (Å²) in [5.41, 5.74) is 1.69. The number of aryl methyl sites for hydroxylation is 2. The van der Waals surface area contributed by atoms with Crippen molar-refractivity contribution in [2.75, 3.05) is 0 Å². The van der Waals surface area contributed by atoms with Crippen LogP contribution in [0, 0.1) is 6.92 Å². The third-order valence-corrected chi connectivity index (χ3v) is 3.38. The van der Waals surface area contributed by atoms with E-state index in [2.05, 4.69) is 21.9 Å². The van der Waals surface area contributed by atoms with Gasteiger partial charge in [-0.05, 0) is 26.0 Å². The molecule has 0 atom stereocenters. The van der Waals surface area contributed by atoms with E-state index in [1.54, 1.807) is 6.20 Å². The number of nitrogens with one attached hydrogen (secondary N) is 1. The summed E-state index contributed by atoms with van der Waals surface area (Å²) in [6.45, 7) is 4.88. The Morgan fingerprint density at radius 3 is 3.00 bits per heavy atom. The number of imidazole rings is 1. The van der Waals surface area contributed by atoms with Gasteiger partial charge in [-0.15, -0.1) is 0 Å². The lowest BCUT2D eigenvalue weighted by Crippen LogP contribution is -2.14. The molecule has 0 bridgehead atoms. The molecule has 3 rings (SSSR count). The molecule has 5 heteroatoms. The number of aromatic nitrogens is 4. The van der Waals surface area contributed by atoms with E-state index in [0.717, 1.165) is 23.4 Å². The van der Waals surface area contributed by atoms with Crippen LogP contribution in [0.4, 0.5) is 0 Å². The highest BCUT2D eigenvalue weighted by Gasteiger charge is 2.08. The SMILES string of the molecule is CCn1ccnc1Cc1nc2ccc(C)cc2c(=O)[nH]1. The second kappa shape index (κ2) is 4.92. The zero-order valence-electron chi connectivity index (χ0n) is 11.6. The molecule has 0 fully saturated rings. The van der Waals surface area contributed by atoms with Crippen LogP contribution >= 0.6 is 0 Å². The summed E-state index contributed by atoms with van der Waals surface area (Å²) in [6, 6.07) is 5.71. The molecule has 2 aromatic heterocycles. The van der Waals surface area contributed by atoms with Crippen molar-refractivity contribution in [3.05, 3.63) is 58.2 Å². The predicted octanol–water partition coefficient (Wildman–Crippen LogP) is 2.04. The molecule has 1 aromatic carbocycles. The van der Waals surface area contributed by atoms with Gasteiger partial charge in [-0.3, -0.25) is 4.79 Å². The first-order chi connectivity index (χ1) is 9.67. The molecule has 0 spiro atoms. The van der Waals surface area contributed by atoms with Crippen LogP contribution in [0.15, 0.2) is 35.4 Å². The summed E-state index contributed by atoms with van der Waals surface area (Å²) in [7, 11) is 0. The number of aromatic amines is 1. The van der Waals surface area contributed by atoms with Gasteiger partial charge in [-0.1, -0.05) is 11.6 Å². The fourth-order valence-corrected chi connectivity index (χ4v) is 2.33. The molecule has 5 nitrogen and oxygen atoms in total. The van der Waals surface area contributed by atoms with Crippen molar-refractivity contribution < 1.29 is 0 Å². The van der Waals surface area contributed by atoms with Gasteiger partial charge in [0.15, 0.2) is 0 Å². The molecule has 1 N–H and O–H groups in total. The van der Waals surface area contributed by atoms with E-state index in [4.69, 9.17) is 0 Å². The third kappa shape index (κ3) is 2.22. The van der Waals surface area contributed by atoms with E-state index in [9.17, 15) is 4.79 Å². The van der Waals surface area contributed by atoms with Gasteiger partial charge in [-0.2, -0.15) is 0 Å². The Morgan fingerprint density at radius 1 is 1.35 bits per heavy atom. The molecule has 2 heterocycles. The molecule has 0 aliphatic carbocycles. The van der Waals surface area contributed by atoms with Gasteiger partial charge < -0.3 is 9.55 Å². The van der Waals surface area contributed by atoms with E-state index >= 15 is 0 Å². The topological polar surface area (TPSA) is 63.6 Å². The Balaban J connectivity index is 2.05. The molecule has 0 radical (unpaired) electrons. The Labute approximate surface area is 116 Å². The zero-order chi connectivity index (χ0) is 14.1. The maximum atomic E-state index is 12.1. The molecule has 0 aliphatic rings. The highest BCUT2D eigenvalue weighted by molar-refractivity contribution is 5.78. The smallest absolute Gasteiger partial charge is 0.258 e. The van der Waals surface area contributed by atoms with Gasteiger partial charge in [0, 0.05) is 18.9 Å². The Kier molecular flexibility index (Phi) is 3.10. The van der Waals surface area contributed by atoms with Crippen molar-refractivity contribution in [3.63, 3.8) is 0 Å². The average Bonchev–Trinajstić information content (AvgIpc) is 2.87. The lowest BCUT2D eigenvalue weighted by atomic mass is 10.1. The lowest BCUT2D eigenvalue weighted by molar-refractivity contribution is 0.703. The first-order valence-electron chi connectivity index (χ1n) is 6.67. The van der Waals surface area contributed by atoms with E-state index in [1.165, 1.54) is 0 Å². The van der Waals surface area contributed by atoms with Gasteiger partial charge in [0.2, 0.25) is 0 Å². The second-order valence-corrected chi connectivity index (χ2v) is 4.84. The quantitative estimate of drug-likeness (QED) is 0.790. The van der Waals surface area contributed by atoms with Crippen LogP contribution in [0.5, 0.6) is 0 Å². The largest absolute Gasteiger partial charge is 0.335 e. The van der Waals surface area contributed by atoms with Gasteiger partial charge in [0.25, 0.3) is 5.56 Å². The number of H-pyrrole nitrogens is 1. The minimum Gasteiger partial charge on any atom is -0.335 e. The van der Waals surface area contributed by atoms with Crippen molar-refractivity contribution in [3.8, 4) is 0 Å². The van der Waals surface area contributed by atoms with Crippen LogP contribution in [-0.4, -0.2) is 19.5 Å². The van der Waals surface area contributed by atoms with Crippen LogP contribution < -0.4 is 5.56 Å². The van der Waals surface area contributed by atoms with E-state index in [1.807, 2.05) is 35.9 Å². The summed E-state index contributed by atoms with van der Waals surface area (Å²) >= 11 is 0. The molecule has 0 unspecified atom stereocenters. The summed E-state index contributed by atoms with van der Waals surface area (Å²) in [5.74, 6) is 1.55. The van der Waals surface area contributed by atoms with Crippen molar-refractivity contribution in [2.45, 2.75) is 26.8 Å². The molecule has 102 valence electrons. The van der Waals surface area contributed by atoms with Gasteiger partial charge in [0.1, 0.15) is 11.6 Å². The second-order valence-electron chi connectivity index (χ2n) is 4.84. The summed E-state index contributed by atoms with van der Waals surface area (Å²) in [6.07, 6.45) is 4.22. The van der Waals surface area contributed by atoms with Crippen LogP contribution in [0.1, 0.15) is 24.1 Å². The number of hydrogen-bond acceptors (Lipinski definition) is 3. The van der Waals surface area contributed by atoms with E-state index in [-0.39, 0.29) is 5.56 Å². The lowest BCUT2D eigenvalue weighted by Gasteiger charge is -2.05.